The molecule has 9 heteroatoms. The molecule has 1 N–H and O–H groups in total. The summed E-state index contributed by atoms with van der Waals surface area (Å²) in [5.41, 5.74) is 3.37. The molecule has 3 aromatic rings. The topological polar surface area (TPSA) is 105 Å². The number of benzene rings is 3. The van der Waals surface area contributed by atoms with E-state index in [0.717, 1.165) is 0 Å². The first kappa shape index (κ1) is 24.1. The molecule has 0 bridgehead atoms. The molecule has 3 aromatic carbocycles. The minimum atomic E-state index is -0.536. The molecule has 0 aromatic heterocycles. The smallest absolute Gasteiger partial charge is 0.343 e. The molecule has 0 saturated carbocycles. The van der Waals surface area contributed by atoms with Gasteiger partial charge in [-0.1, -0.05) is 0 Å². The lowest BCUT2D eigenvalue weighted by molar-refractivity contribution is -0.123. The normalized spacial score (nSPS) is 10.4. The Morgan fingerprint density at radius 3 is 2.03 bits per heavy atom. The standard InChI is InChI=1S/C25H24N2O7/c1-30-19-7-5-18(6-8-19)25(29)34-22-13-4-17(14-23(22)32-3)15-26-27-24(28)16-33-21-11-9-20(31-2)10-12-21/h4-15H,16H2,1-3H3,(H,27,28)/b26-15+. The van der Waals surface area contributed by atoms with Crippen molar-refractivity contribution in [2.24, 2.45) is 5.10 Å². The van der Waals surface area contributed by atoms with Gasteiger partial charge >= 0.3 is 5.97 Å². The van der Waals surface area contributed by atoms with E-state index in [-0.39, 0.29) is 12.4 Å². The molecule has 0 fully saturated rings. The maximum Gasteiger partial charge on any atom is 0.343 e. The van der Waals surface area contributed by atoms with Crippen LogP contribution >= 0.6 is 0 Å². The van der Waals surface area contributed by atoms with Gasteiger partial charge in [0.15, 0.2) is 18.1 Å². The van der Waals surface area contributed by atoms with E-state index in [4.69, 9.17) is 23.7 Å². The molecule has 3 rings (SSSR count). The zero-order chi connectivity index (χ0) is 24.3. The van der Waals surface area contributed by atoms with Gasteiger partial charge < -0.3 is 23.7 Å². The Morgan fingerprint density at radius 1 is 0.794 bits per heavy atom. The number of hydrogen-bond acceptors (Lipinski definition) is 8. The fourth-order valence-corrected chi connectivity index (χ4v) is 2.77. The molecule has 34 heavy (non-hydrogen) atoms. The van der Waals surface area contributed by atoms with E-state index in [9.17, 15) is 9.59 Å². The van der Waals surface area contributed by atoms with Gasteiger partial charge in [-0.25, -0.2) is 10.2 Å². The summed E-state index contributed by atoms with van der Waals surface area (Å²) in [6.45, 7) is -0.201. The van der Waals surface area contributed by atoms with Gasteiger partial charge in [-0.2, -0.15) is 5.10 Å². The molecule has 0 spiro atoms. The van der Waals surface area contributed by atoms with Crippen molar-refractivity contribution in [1.82, 2.24) is 5.43 Å². The van der Waals surface area contributed by atoms with Gasteiger partial charge in [0.05, 0.1) is 33.1 Å². The summed E-state index contributed by atoms with van der Waals surface area (Å²) in [5, 5.41) is 3.91. The van der Waals surface area contributed by atoms with E-state index in [2.05, 4.69) is 10.5 Å². The van der Waals surface area contributed by atoms with Crippen LogP contribution < -0.4 is 29.1 Å². The molecule has 0 unspecified atom stereocenters. The van der Waals surface area contributed by atoms with Crippen LogP contribution in [-0.4, -0.2) is 46.0 Å². The average Bonchev–Trinajstić information content (AvgIpc) is 2.88. The third-order valence-corrected chi connectivity index (χ3v) is 4.55. The monoisotopic (exact) mass is 464 g/mol. The summed E-state index contributed by atoms with van der Waals surface area (Å²) in [4.78, 5) is 24.3. The van der Waals surface area contributed by atoms with Gasteiger partial charge in [0, 0.05) is 0 Å². The Balaban J connectivity index is 1.54. The Kier molecular flexibility index (Phi) is 8.45. The van der Waals surface area contributed by atoms with E-state index in [1.54, 1.807) is 80.9 Å². The van der Waals surface area contributed by atoms with Crippen molar-refractivity contribution in [1.29, 1.82) is 0 Å². The molecule has 0 heterocycles. The number of hydrazone groups is 1. The van der Waals surface area contributed by atoms with E-state index < -0.39 is 11.9 Å². The molecular formula is C25H24N2O7. The second-order valence-corrected chi connectivity index (χ2v) is 6.79. The van der Waals surface area contributed by atoms with Gasteiger partial charge in [-0.3, -0.25) is 4.79 Å². The van der Waals surface area contributed by atoms with Crippen LogP contribution in [0.25, 0.3) is 0 Å². The van der Waals surface area contributed by atoms with Crippen LogP contribution in [0.4, 0.5) is 0 Å². The van der Waals surface area contributed by atoms with Crippen LogP contribution in [0, 0.1) is 0 Å². The third kappa shape index (κ3) is 6.73. The number of nitrogens with one attached hydrogen (secondary N) is 1. The first-order chi connectivity index (χ1) is 16.5. The molecule has 0 atom stereocenters. The third-order valence-electron chi connectivity index (χ3n) is 4.55. The number of amides is 1. The van der Waals surface area contributed by atoms with Crippen molar-refractivity contribution in [3.05, 3.63) is 77.9 Å². The maximum absolute atomic E-state index is 12.4. The van der Waals surface area contributed by atoms with Crippen molar-refractivity contribution < 1.29 is 33.3 Å². The van der Waals surface area contributed by atoms with Crippen molar-refractivity contribution in [3.63, 3.8) is 0 Å². The van der Waals surface area contributed by atoms with Crippen molar-refractivity contribution in [2.75, 3.05) is 27.9 Å². The summed E-state index contributed by atoms with van der Waals surface area (Å²) in [5.74, 6) is 1.48. The van der Waals surface area contributed by atoms with E-state index in [0.29, 0.717) is 34.1 Å². The number of esters is 1. The van der Waals surface area contributed by atoms with Crippen LogP contribution in [0.3, 0.4) is 0 Å². The predicted octanol–water partition coefficient (Wildman–Crippen LogP) is 3.46. The fourth-order valence-electron chi connectivity index (χ4n) is 2.77. The van der Waals surface area contributed by atoms with Crippen LogP contribution in [0.2, 0.25) is 0 Å². The first-order valence-corrected chi connectivity index (χ1v) is 10.2. The lowest BCUT2D eigenvalue weighted by Gasteiger charge is -2.10. The SMILES string of the molecule is COc1ccc(OCC(=O)N/N=C/c2ccc(OC(=O)c3ccc(OC)cc3)c(OC)c2)cc1. The van der Waals surface area contributed by atoms with E-state index >= 15 is 0 Å². The Bertz CT molecular complexity index is 1140. The highest BCUT2D eigenvalue weighted by molar-refractivity contribution is 5.92. The Morgan fingerprint density at radius 2 is 1.41 bits per heavy atom. The highest BCUT2D eigenvalue weighted by atomic mass is 16.6. The quantitative estimate of drug-likeness (QED) is 0.212. The number of rotatable bonds is 10. The van der Waals surface area contributed by atoms with Crippen molar-refractivity contribution in [3.8, 4) is 28.7 Å². The lowest BCUT2D eigenvalue weighted by atomic mass is 10.2. The summed E-state index contributed by atoms with van der Waals surface area (Å²) in [6, 6.07) is 18.3. The number of hydrogen-bond donors (Lipinski definition) is 1. The zero-order valence-corrected chi connectivity index (χ0v) is 18.9. The van der Waals surface area contributed by atoms with Gasteiger partial charge in [-0.15, -0.1) is 0 Å². The van der Waals surface area contributed by atoms with E-state index in [1.165, 1.54) is 13.3 Å². The van der Waals surface area contributed by atoms with Gasteiger partial charge in [0.2, 0.25) is 0 Å². The molecule has 0 aliphatic heterocycles. The average molecular weight is 464 g/mol. The fraction of sp³-hybridized carbons (Fsp3) is 0.160. The number of ether oxygens (including phenoxy) is 5. The highest BCUT2D eigenvalue weighted by Crippen LogP contribution is 2.28. The van der Waals surface area contributed by atoms with Crippen molar-refractivity contribution >= 4 is 18.1 Å². The molecule has 9 nitrogen and oxygen atoms in total. The molecule has 0 saturated heterocycles. The highest BCUT2D eigenvalue weighted by Gasteiger charge is 2.13. The minimum Gasteiger partial charge on any atom is -0.497 e. The molecule has 0 radical (unpaired) electrons. The summed E-state index contributed by atoms with van der Waals surface area (Å²) in [6.07, 6.45) is 1.43. The van der Waals surface area contributed by atoms with Crippen LogP contribution in [0.15, 0.2) is 71.8 Å². The second-order valence-electron chi connectivity index (χ2n) is 6.79. The number of carbonyl (C=O) groups excluding carboxylic acids is 2. The van der Waals surface area contributed by atoms with Gasteiger partial charge in [0.25, 0.3) is 5.91 Å². The maximum atomic E-state index is 12.4. The van der Waals surface area contributed by atoms with Gasteiger partial charge in [-0.05, 0) is 72.3 Å². The van der Waals surface area contributed by atoms with Crippen LogP contribution in [-0.2, 0) is 4.79 Å². The number of carbonyl (C=O) groups is 2. The Labute approximate surface area is 196 Å². The molecule has 0 aliphatic carbocycles. The molecular weight excluding hydrogens is 440 g/mol. The summed E-state index contributed by atoms with van der Waals surface area (Å²) in [7, 11) is 4.57. The summed E-state index contributed by atoms with van der Waals surface area (Å²) < 4.78 is 26.3. The van der Waals surface area contributed by atoms with Crippen LogP contribution in [0.1, 0.15) is 15.9 Å². The second kappa shape index (κ2) is 11.9. The van der Waals surface area contributed by atoms with Crippen molar-refractivity contribution in [2.45, 2.75) is 0 Å². The van der Waals surface area contributed by atoms with E-state index in [1.807, 2.05) is 0 Å². The van der Waals surface area contributed by atoms with Crippen LogP contribution in [0.5, 0.6) is 28.7 Å². The predicted molar refractivity (Wildman–Crippen MR) is 125 cm³/mol. The summed E-state index contributed by atoms with van der Waals surface area (Å²) >= 11 is 0. The first-order valence-electron chi connectivity index (χ1n) is 10.2. The molecule has 1 amide bonds. The zero-order valence-electron chi connectivity index (χ0n) is 18.9. The number of methoxy groups -OCH3 is 3. The molecule has 0 aliphatic rings. The largest absolute Gasteiger partial charge is 0.497 e. The lowest BCUT2D eigenvalue weighted by Crippen LogP contribution is -2.24. The van der Waals surface area contributed by atoms with Gasteiger partial charge in [0.1, 0.15) is 17.2 Å². The minimum absolute atomic E-state index is 0.201. The molecule has 176 valence electrons. The Hall–Kier alpha value is -4.53. The number of nitrogens with zero attached hydrogens (tertiary/aromatic N) is 1.